The molecule has 5 nitrogen and oxygen atoms in total. The number of rotatable bonds is 4. The number of ether oxygens (including phenoxy) is 1. The van der Waals surface area contributed by atoms with Gasteiger partial charge in [0.1, 0.15) is 5.75 Å². The molecule has 0 saturated carbocycles. The Morgan fingerprint density at radius 1 is 1.18 bits per heavy atom. The van der Waals surface area contributed by atoms with Crippen molar-refractivity contribution in [2.24, 2.45) is 0 Å². The van der Waals surface area contributed by atoms with Crippen molar-refractivity contribution in [3.8, 4) is 5.75 Å². The first kappa shape index (κ1) is 14.3. The van der Waals surface area contributed by atoms with Crippen LogP contribution in [0, 0.1) is 10.1 Å². The molecule has 1 heterocycles. The highest BCUT2D eigenvalue weighted by atomic mass is 16.6. The molecule has 3 rings (SSSR count). The Balaban J connectivity index is 1.88. The molecule has 0 aliphatic carbocycles. The summed E-state index contributed by atoms with van der Waals surface area (Å²) < 4.78 is 5.72. The maximum atomic E-state index is 12.5. The third kappa shape index (κ3) is 2.45. The first-order valence-corrected chi connectivity index (χ1v) is 7.18. The number of carbonyl (C=O) groups is 1. The van der Waals surface area contributed by atoms with Crippen LogP contribution in [0.3, 0.4) is 0 Å². The smallest absolute Gasteiger partial charge is 0.269 e. The average molecular weight is 297 g/mol. The third-order valence-corrected chi connectivity index (χ3v) is 3.74. The fourth-order valence-corrected chi connectivity index (χ4v) is 2.63. The first-order valence-electron chi connectivity index (χ1n) is 7.18. The van der Waals surface area contributed by atoms with E-state index in [0.29, 0.717) is 16.9 Å². The molecule has 2 aromatic carbocycles. The highest BCUT2D eigenvalue weighted by Gasteiger charge is 2.33. The molecule has 112 valence electrons. The molecule has 1 atom stereocenters. The minimum atomic E-state index is -0.715. The Hall–Kier alpha value is -2.69. The van der Waals surface area contributed by atoms with E-state index < -0.39 is 11.0 Å². The van der Waals surface area contributed by atoms with Gasteiger partial charge < -0.3 is 4.74 Å². The van der Waals surface area contributed by atoms with Crippen LogP contribution in [0.5, 0.6) is 5.75 Å². The van der Waals surface area contributed by atoms with Crippen LogP contribution in [-0.4, -0.2) is 10.7 Å². The summed E-state index contributed by atoms with van der Waals surface area (Å²) in [6, 6.07) is 11.6. The van der Waals surface area contributed by atoms with Crippen LogP contribution >= 0.6 is 0 Å². The molecule has 0 spiro atoms. The normalized spacial score (nSPS) is 16.2. The van der Waals surface area contributed by atoms with E-state index in [2.05, 4.69) is 6.92 Å². The second kappa shape index (κ2) is 5.60. The van der Waals surface area contributed by atoms with Gasteiger partial charge in [0.2, 0.25) is 5.78 Å². The van der Waals surface area contributed by atoms with Crippen molar-refractivity contribution in [1.82, 2.24) is 0 Å². The first-order chi connectivity index (χ1) is 10.6. The van der Waals surface area contributed by atoms with Crippen LogP contribution < -0.4 is 4.74 Å². The average Bonchev–Trinajstić information content (AvgIpc) is 2.85. The monoisotopic (exact) mass is 297 g/mol. The lowest BCUT2D eigenvalue weighted by Crippen LogP contribution is -2.10. The zero-order valence-electron chi connectivity index (χ0n) is 12.1. The van der Waals surface area contributed by atoms with Crippen molar-refractivity contribution in [3.05, 3.63) is 69.3 Å². The lowest BCUT2D eigenvalue weighted by molar-refractivity contribution is -0.384. The topological polar surface area (TPSA) is 69.4 Å². The number of hydrogen-bond acceptors (Lipinski definition) is 4. The van der Waals surface area contributed by atoms with Crippen LogP contribution in [0.1, 0.15) is 40.9 Å². The van der Waals surface area contributed by atoms with Crippen molar-refractivity contribution < 1.29 is 14.5 Å². The Morgan fingerprint density at radius 2 is 1.91 bits per heavy atom. The maximum absolute atomic E-state index is 12.5. The van der Waals surface area contributed by atoms with Crippen LogP contribution in [0.15, 0.2) is 42.5 Å². The predicted octanol–water partition coefficient (Wildman–Crippen LogP) is 3.86. The quantitative estimate of drug-likeness (QED) is 0.634. The summed E-state index contributed by atoms with van der Waals surface area (Å²) in [4.78, 5) is 22.7. The number of carbonyl (C=O) groups excluding carboxylic acids is 1. The fraction of sp³-hybridized carbons (Fsp3) is 0.235. The van der Waals surface area contributed by atoms with Gasteiger partial charge in [0.25, 0.3) is 5.69 Å². The summed E-state index contributed by atoms with van der Waals surface area (Å²) in [6.45, 7) is 2.09. The molecular formula is C17H15NO4. The van der Waals surface area contributed by atoms with Gasteiger partial charge in [-0.1, -0.05) is 19.4 Å². The second-order valence-corrected chi connectivity index (χ2v) is 5.29. The molecule has 22 heavy (non-hydrogen) atoms. The lowest BCUT2D eigenvalue weighted by atomic mass is 9.99. The summed E-state index contributed by atoms with van der Waals surface area (Å²) in [6.07, 6.45) is 1.22. The number of non-ortho nitro benzene ring substituents is 1. The highest BCUT2D eigenvalue weighted by molar-refractivity contribution is 6.05. The number of fused-ring (bicyclic) bond motifs is 1. The minimum absolute atomic E-state index is 0.00283. The van der Waals surface area contributed by atoms with Crippen molar-refractivity contribution in [2.45, 2.75) is 25.9 Å². The molecule has 2 aromatic rings. The zero-order valence-corrected chi connectivity index (χ0v) is 12.1. The molecule has 1 unspecified atom stereocenters. The Bertz CT molecular complexity index is 737. The van der Waals surface area contributed by atoms with Gasteiger partial charge in [-0.2, -0.15) is 0 Å². The van der Waals surface area contributed by atoms with E-state index in [1.54, 1.807) is 12.1 Å². The zero-order chi connectivity index (χ0) is 15.7. The highest BCUT2D eigenvalue weighted by Crippen LogP contribution is 2.37. The number of nitro benzene ring substituents is 1. The van der Waals surface area contributed by atoms with E-state index in [1.165, 1.54) is 12.1 Å². The van der Waals surface area contributed by atoms with Crippen molar-refractivity contribution in [3.63, 3.8) is 0 Å². The van der Waals surface area contributed by atoms with Gasteiger partial charge in [-0.15, -0.1) is 0 Å². The Labute approximate surface area is 127 Å². The molecular weight excluding hydrogens is 282 g/mol. The third-order valence-electron chi connectivity index (χ3n) is 3.74. The standard InChI is InChI=1S/C17H15NO4/c1-2-3-11-4-9-15-14(10-11)16(19)17(22-15)12-5-7-13(8-6-12)18(20)21/h4-10,17H,2-3H2,1H3. The summed E-state index contributed by atoms with van der Waals surface area (Å²) in [5.74, 6) is 0.481. The van der Waals surface area contributed by atoms with E-state index >= 15 is 0 Å². The maximum Gasteiger partial charge on any atom is 0.269 e. The van der Waals surface area contributed by atoms with Gasteiger partial charge >= 0.3 is 0 Å². The number of ketones is 1. The van der Waals surface area contributed by atoms with Gasteiger partial charge in [0.15, 0.2) is 6.10 Å². The predicted molar refractivity (Wildman–Crippen MR) is 81.2 cm³/mol. The largest absolute Gasteiger partial charge is 0.477 e. The van der Waals surface area contributed by atoms with Crippen molar-refractivity contribution >= 4 is 11.5 Å². The Morgan fingerprint density at radius 3 is 2.55 bits per heavy atom. The summed E-state index contributed by atoms with van der Waals surface area (Å²) in [5, 5.41) is 10.7. The number of Topliss-reactive ketones (excluding diaryl/α,β-unsaturated/α-hetero) is 1. The van der Waals surface area contributed by atoms with Crippen LogP contribution in [-0.2, 0) is 6.42 Å². The number of nitro groups is 1. The second-order valence-electron chi connectivity index (χ2n) is 5.29. The summed E-state index contributed by atoms with van der Waals surface area (Å²) in [7, 11) is 0. The van der Waals surface area contributed by atoms with Gasteiger partial charge in [-0.3, -0.25) is 14.9 Å². The van der Waals surface area contributed by atoms with Gasteiger partial charge in [0, 0.05) is 17.7 Å². The van der Waals surface area contributed by atoms with E-state index in [9.17, 15) is 14.9 Å². The SMILES string of the molecule is CCCc1ccc2c(c1)C(=O)C(c1ccc([N+](=O)[O-])cc1)O2. The summed E-state index contributed by atoms with van der Waals surface area (Å²) >= 11 is 0. The number of nitrogens with zero attached hydrogens (tertiary/aromatic N) is 1. The van der Waals surface area contributed by atoms with Gasteiger partial charge in [-0.25, -0.2) is 0 Å². The number of benzene rings is 2. The van der Waals surface area contributed by atoms with Crippen molar-refractivity contribution in [1.29, 1.82) is 0 Å². The molecule has 1 aliphatic rings. The van der Waals surface area contributed by atoms with Crippen LogP contribution in [0.2, 0.25) is 0 Å². The molecule has 0 N–H and O–H groups in total. The number of hydrogen-bond donors (Lipinski definition) is 0. The van der Waals surface area contributed by atoms with Crippen LogP contribution in [0.4, 0.5) is 5.69 Å². The molecule has 0 aromatic heterocycles. The molecule has 1 aliphatic heterocycles. The molecule has 0 fully saturated rings. The van der Waals surface area contributed by atoms with E-state index in [-0.39, 0.29) is 11.5 Å². The van der Waals surface area contributed by atoms with Gasteiger partial charge in [0.05, 0.1) is 10.5 Å². The van der Waals surface area contributed by atoms with E-state index in [4.69, 9.17) is 4.74 Å². The number of aryl methyl sites for hydroxylation is 1. The lowest BCUT2D eigenvalue weighted by Gasteiger charge is -2.09. The van der Waals surface area contributed by atoms with Gasteiger partial charge in [-0.05, 0) is 36.2 Å². The fourth-order valence-electron chi connectivity index (χ4n) is 2.63. The van der Waals surface area contributed by atoms with E-state index in [1.807, 2.05) is 18.2 Å². The molecule has 0 bridgehead atoms. The van der Waals surface area contributed by atoms with Crippen molar-refractivity contribution in [2.75, 3.05) is 0 Å². The van der Waals surface area contributed by atoms with E-state index in [0.717, 1.165) is 18.4 Å². The molecule has 5 heteroatoms. The molecule has 0 radical (unpaired) electrons. The molecule has 0 saturated heterocycles. The Kier molecular flexibility index (Phi) is 3.63. The summed E-state index contributed by atoms with van der Waals surface area (Å²) in [5.41, 5.74) is 2.33. The minimum Gasteiger partial charge on any atom is -0.477 e. The molecule has 0 amide bonds. The van der Waals surface area contributed by atoms with Crippen LogP contribution in [0.25, 0.3) is 0 Å².